The van der Waals surface area contributed by atoms with Crippen LogP contribution in [0.4, 0.5) is 0 Å². The normalized spacial score (nSPS) is 21.6. The van der Waals surface area contributed by atoms with Crippen molar-refractivity contribution < 1.29 is 0 Å². The molecule has 0 bridgehead atoms. The first-order valence-electron chi connectivity index (χ1n) is 5.26. The first-order valence-corrected chi connectivity index (χ1v) is 5.26. The van der Waals surface area contributed by atoms with Crippen molar-refractivity contribution in [2.75, 3.05) is 19.6 Å². The summed E-state index contributed by atoms with van der Waals surface area (Å²) in [4.78, 5) is 0. The fourth-order valence-corrected chi connectivity index (χ4v) is 1.85. The van der Waals surface area contributed by atoms with Gasteiger partial charge < -0.3 is 10.6 Å². The van der Waals surface area contributed by atoms with Crippen LogP contribution in [0.3, 0.4) is 0 Å². The van der Waals surface area contributed by atoms with E-state index in [9.17, 15) is 0 Å². The molecule has 1 aliphatic heterocycles. The van der Waals surface area contributed by atoms with Crippen molar-refractivity contribution in [1.29, 1.82) is 0 Å². The average molecular weight is 194 g/mol. The lowest BCUT2D eigenvalue weighted by Gasteiger charge is -2.09. The number of rotatable bonds is 4. The van der Waals surface area contributed by atoms with Crippen molar-refractivity contribution >= 4 is 0 Å². The molecule has 1 fully saturated rings. The molecule has 0 aromatic carbocycles. The van der Waals surface area contributed by atoms with Gasteiger partial charge in [0.25, 0.3) is 0 Å². The van der Waals surface area contributed by atoms with Crippen molar-refractivity contribution in [2.24, 2.45) is 7.05 Å². The molecule has 4 nitrogen and oxygen atoms in total. The summed E-state index contributed by atoms with van der Waals surface area (Å²) in [5, 5.41) is 11.0. The van der Waals surface area contributed by atoms with Crippen LogP contribution in [0.5, 0.6) is 0 Å². The molecule has 0 saturated carbocycles. The maximum Gasteiger partial charge on any atom is 0.0522 e. The Hall–Kier alpha value is -0.870. The van der Waals surface area contributed by atoms with E-state index < -0.39 is 0 Å². The summed E-state index contributed by atoms with van der Waals surface area (Å²) in [5.41, 5.74) is 1.31. The third-order valence-corrected chi connectivity index (χ3v) is 2.67. The quantitative estimate of drug-likeness (QED) is 0.704. The first kappa shape index (κ1) is 9.68. The van der Waals surface area contributed by atoms with Crippen LogP contribution in [0, 0.1) is 0 Å². The largest absolute Gasteiger partial charge is 0.315 e. The number of hydrogen-bond donors (Lipinski definition) is 2. The highest BCUT2D eigenvalue weighted by Crippen LogP contribution is 1.99. The van der Waals surface area contributed by atoms with Gasteiger partial charge in [-0.2, -0.15) is 5.10 Å². The molecule has 0 radical (unpaired) electrons. The molecule has 1 aromatic heterocycles. The maximum atomic E-state index is 4.14. The van der Waals surface area contributed by atoms with E-state index in [4.69, 9.17) is 0 Å². The fraction of sp³-hybridized carbons (Fsp3) is 0.700. The van der Waals surface area contributed by atoms with Gasteiger partial charge in [-0.3, -0.25) is 4.68 Å². The molecule has 1 unspecified atom stereocenters. The third-order valence-electron chi connectivity index (χ3n) is 2.67. The smallest absolute Gasteiger partial charge is 0.0522 e. The molecule has 1 atom stereocenters. The Morgan fingerprint density at radius 3 is 3.29 bits per heavy atom. The van der Waals surface area contributed by atoms with E-state index in [2.05, 4.69) is 21.9 Å². The lowest BCUT2D eigenvalue weighted by molar-refractivity contribution is 0.550. The molecule has 1 aliphatic rings. The number of aryl methyl sites for hydroxylation is 1. The molecule has 2 N–H and O–H groups in total. The van der Waals surface area contributed by atoms with Gasteiger partial charge in [0.2, 0.25) is 0 Å². The summed E-state index contributed by atoms with van der Waals surface area (Å²) in [6.45, 7) is 3.33. The van der Waals surface area contributed by atoms with Gasteiger partial charge >= 0.3 is 0 Å². The van der Waals surface area contributed by atoms with E-state index in [1.54, 1.807) is 0 Å². The Labute approximate surface area is 84.7 Å². The summed E-state index contributed by atoms with van der Waals surface area (Å²) in [6, 6.07) is 0.673. The van der Waals surface area contributed by atoms with Crippen LogP contribution in [-0.2, 0) is 13.5 Å². The zero-order chi connectivity index (χ0) is 9.80. The van der Waals surface area contributed by atoms with Gasteiger partial charge in [-0.25, -0.2) is 0 Å². The summed E-state index contributed by atoms with van der Waals surface area (Å²) < 4.78 is 1.85. The second kappa shape index (κ2) is 4.57. The summed E-state index contributed by atoms with van der Waals surface area (Å²) in [5.74, 6) is 0. The van der Waals surface area contributed by atoms with Crippen LogP contribution < -0.4 is 10.6 Å². The zero-order valence-corrected chi connectivity index (χ0v) is 8.66. The molecule has 1 aromatic rings. The SMILES string of the molecule is Cn1cc(CCNC2CCNC2)cn1. The Morgan fingerprint density at radius 1 is 1.71 bits per heavy atom. The summed E-state index contributed by atoms with van der Waals surface area (Å²) >= 11 is 0. The van der Waals surface area contributed by atoms with E-state index >= 15 is 0 Å². The maximum absolute atomic E-state index is 4.14. The minimum atomic E-state index is 0.673. The van der Waals surface area contributed by atoms with Crippen LogP contribution in [0.2, 0.25) is 0 Å². The van der Waals surface area contributed by atoms with Crippen molar-refractivity contribution in [3.8, 4) is 0 Å². The fourth-order valence-electron chi connectivity index (χ4n) is 1.85. The number of nitrogens with zero attached hydrogens (tertiary/aromatic N) is 2. The predicted octanol–water partition coefficient (Wildman–Crippen LogP) is -0.0859. The molecular formula is C10H18N4. The van der Waals surface area contributed by atoms with Crippen LogP contribution in [0.25, 0.3) is 0 Å². The highest BCUT2D eigenvalue weighted by molar-refractivity contribution is 5.04. The van der Waals surface area contributed by atoms with Gasteiger partial charge in [-0.15, -0.1) is 0 Å². The lowest BCUT2D eigenvalue weighted by Crippen LogP contribution is -2.32. The minimum Gasteiger partial charge on any atom is -0.315 e. The van der Waals surface area contributed by atoms with Crippen molar-refractivity contribution in [3.05, 3.63) is 18.0 Å². The standard InChI is InChI=1S/C10H18N4/c1-14-8-9(6-13-14)2-5-12-10-3-4-11-7-10/h6,8,10-12H,2-5,7H2,1H3. The van der Waals surface area contributed by atoms with E-state index in [0.29, 0.717) is 6.04 Å². The van der Waals surface area contributed by atoms with E-state index in [1.807, 2.05) is 17.9 Å². The van der Waals surface area contributed by atoms with Crippen LogP contribution in [0.15, 0.2) is 12.4 Å². The van der Waals surface area contributed by atoms with E-state index in [0.717, 1.165) is 26.1 Å². The van der Waals surface area contributed by atoms with Crippen LogP contribution in [-0.4, -0.2) is 35.5 Å². The molecule has 0 spiro atoms. The second-order valence-corrected chi connectivity index (χ2v) is 3.92. The van der Waals surface area contributed by atoms with E-state index in [1.165, 1.54) is 12.0 Å². The Balaban J connectivity index is 1.67. The zero-order valence-electron chi connectivity index (χ0n) is 8.66. The predicted molar refractivity (Wildman–Crippen MR) is 56.2 cm³/mol. The van der Waals surface area contributed by atoms with Crippen molar-refractivity contribution in [3.63, 3.8) is 0 Å². The van der Waals surface area contributed by atoms with Gasteiger partial charge in [0.05, 0.1) is 6.20 Å². The number of nitrogens with one attached hydrogen (secondary N) is 2. The molecule has 2 rings (SSSR count). The number of aromatic nitrogens is 2. The molecule has 14 heavy (non-hydrogen) atoms. The van der Waals surface area contributed by atoms with Crippen LogP contribution >= 0.6 is 0 Å². The molecule has 0 aliphatic carbocycles. The third kappa shape index (κ3) is 2.56. The average Bonchev–Trinajstić information content (AvgIpc) is 2.77. The van der Waals surface area contributed by atoms with Gasteiger partial charge in [0, 0.05) is 25.8 Å². The topological polar surface area (TPSA) is 41.9 Å². The van der Waals surface area contributed by atoms with E-state index in [-0.39, 0.29) is 0 Å². The van der Waals surface area contributed by atoms with Crippen molar-refractivity contribution in [1.82, 2.24) is 20.4 Å². The van der Waals surface area contributed by atoms with Gasteiger partial charge in [-0.05, 0) is 31.5 Å². The monoisotopic (exact) mass is 194 g/mol. The molecular weight excluding hydrogens is 176 g/mol. The van der Waals surface area contributed by atoms with Gasteiger partial charge in [-0.1, -0.05) is 0 Å². The van der Waals surface area contributed by atoms with Gasteiger partial charge in [0.15, 0.2) is 0 Å². The van der Waals surface area contributed by atoms with Crippen molar-refractivity contribution in [2.45, 2.75) is 18.9 Å². The summed E-state index contributed by atoms with van der Waals surface area (Å²) in [6.07, 6.45) is 6.35. The number of hydrogen-bond acceptors (Lipinski definition) is 3. The molecule has 1 saturated heterocycles. The molecule has 78 valence electrons. The Bertz CT molecular complexity index is 275. The van der Waals surface area contributed by atoms with Crippen LogP contribution in [0.1, 0.15) is 12.0 Å². The highest BCUT2D eigenvalue weighted by atomic mass is 15.2. The minimum absolute atomic E-state index is 0.673. The molecule has 0 amide bonds. The highest BCUT2D eigenvalue weighted by Gasteiger charge is 2.12. The summed E-state index contributed by atoms with van der Waals surface area (Å²) in [7, 11) is 1.96. The first-order chi connectivity index (χ1) is 6.84. The lowest BCUT2D eigenvalue weighted by atomic mass is 10.2. The molecule has 4 heteroatoms. The Morgan fingerprint density at radius 2 is 2.64 bits per heavy atom. The second-order valence-electron chi connectivity index (χ2n) is 3.92. The van der Waals surface area contributed by atoms with Gasteiger partial charge in [0.1, 0.15) is 0 Å². The Kier molecular flexibility index (Phi) is 3.16. The molecule has 2 heterocycles.